The predicted octanol–water partition coefficient (Wildman–Crippen LogP) is 1.84. The number of hydrogen-bond donors (Lipinski definition) is 3. The SMILES string of the molecule is NCC1(CNc2nc(N3CCS(=O)c4ccccc4C3)nc3ccc(C(=O)O)cc23)COC1. The quantitative estimate of drug-likeness (QED) is 0.497. The number of nitrogens with zero attached hydrogens (tertiary/aromatic N) is 3. The Morgan fingerprint density at radius 1 is 1.24 bits per heavy atom. The van der Waals surface area contributed by atoms with Gasteiger partial charge < -0.3 is 25.8 Å². The van der Waals surface area contributed by atoms with E-state index in [-0.39, 0.29) is 11.0 Å². The molecule has 1 unspecified atom stereocenters. The number of carboxylic acid groups (broad SMARTS) is 1. The van der Waals surface area contributed by atoms with Crippen molar-refractivity contribution in [2.45, 2.75) is 11.4 Å². The molecule has 9 nitrogen and oxygen atoms in total. The molecule has 0 aliphatic carbocycles. The zero-order valence-electron chi connectivity index (χ0n) is 18.0. The first kappa shape index (κ1) is 21.7. The number of fused-ring (bicyclic) bond motifs is 2. The van der Waals surface area contributed by atoms with Crippen molar-refractivity contribution in [3.63, 3.8) is 0 Å². The minimum absolute atomic E-state index is 0.166. The average Bonchev–Trinajstić information content (AvgIpc) is 2.97. The largest absolute Gasteiger partial charge is 0.478 e. The van der Waals surface area contributed by atoms with Gasteiger partial charge in [0.2, 0.25) is 5.95 Å². The van der Waals surface area contributed by atoms with E-state index in [4.69, 9.17) is 20.4 Å². The maximum absolute atomic E-state index is 12.7. The monoisotopic (exact) mass is 467 g/mol. The van der Waals surface area contributed by atoms with Crippen molar-refractivity contribution in [1.82, 2.24) is 9.97 Å². The van der Waals surface area contributed by atoms with E-state index in [1.807, 2.05) is 29.2 Å². The van der Waals surface area contributed by atoms with Crippen molar-refractivity contribution in [2.75, 3.05) is 48.8 Å². The van der Waals surface area contributed by atoms with E-state index in [1.54, 1.807) is 18.2 Å². The lowest BCUT2D eigenvalue weighted by atomic mass is 9.86. The summed E-state index contributed by atoms with van der Waals surface area (Å²) in [4.78, 5) is 23.9. The van der Waals surface area contributed by atoms with Crippen LogP contribution in [0.15, 0.2) is 47.4 Å². The van der Waals surface area contributed by atoms with Crippen LogP contribution in [0.4, 0.5) is 11.8 Å². The van der Waals surface area contributed by atoms with Crippen molar-refractivity contribution >= 4 is 39.4 Å². The molecule has 172 valence electrons. The number of nitrogens with two attached hydrogens (primary N) is 1. The van der Waals surface area contributed by atoms with Crippen LogP contribution in [0.5, 0.6) is 0 Å². The molecular formula is C23H25N5O4S. The summed E-state index contributed by atoms with van der Waals surface area (Å²) in [6, 6.07) is 12.6. The van der Waals surface area contributed by atoms with E-state index in [0.717, 1.165) is 10.5 Å². The summed E-state index contributed by atoms with van der Waals surface area (Å²) in [6.07, 6.45) is 0. The molecule has 2 aliphatic rings. The standard InChI is InChI=1S/C23H25N5O4S/c24-11-23(13-32-14-23)12-25-20-17-9-15(21(29)30)5-6-18(17)26-22(27-20)28-7-8-33(31)19-4-2-1-3-16(19)10-28/h1-6,9H,7-8,10-14,24H2,(H,29,30)(H,25,26,27). The van der Waals surface area contributed by atoms with Gasteiger partial charge in [-0.25, -0.2) is 9.78 Å². The Morgan fingerprint density at radius 2 is 2.06 bits per heavy atom. The molecule has 2 aromatic carbocycles. The number of anilines is 2. The summed E-state index contributed by atoms with van der Waals surface area (Å²) in [5.41, 5.74) is 7.59. The first-order valence-electron chi connectivity index (χ1n) is 10.8. The van der Waals surface area contributed by atoms with Gasteiger partial charge in [0.05, 0.1) is 35.1 Å². The van der Waals surface area contributed by atoms with Gasteiger partial charge in [-0.3, -0.25) is 4.21 Å². The second-order valence-corrected chi connectivity index (χ2v) is 10.1. The number of rotatable bonds is 6. The van der Waals surface area contributed by atoms with Crippen LogP contribution >= 0.6 is 0 Å². The molecule has 5 rings (SSSR count). The normalized spacial score (nSPS) is 19.4. The zero-order valence-corrected chi connectivity index (χ0v) is 18.8. The number of aromatic carboxylic acids is 1. The van der Waals surface area contributed by atoms with E-state index in [1.165, 1.54) is 0 Å². The fourth-order valence-corrected chi connectivity index (χ4v) is 5.36. The Morgan fingerprint density at radius 3 is 2.79 bits per heavy atom. The van der Waals surface area contributed by atoms with Crippen molar-refractivity contribution in [1.29, 1.82) is 0 Å². The lowest BCUT2D eigenvalue weighted by Crippen LogP contribution is -2.52. The fourth-order valence-electron chi connectivity index (χ4n) is 4.09. The highest BCUT2D eigenvalue weighted by Gasteiger charge is 2.37. The Balaban J connectivity index is 1.54. The summed E-state index contributed by atoms with van der Waals surface area (Å²) in [5.74, 6) is 0.529. The smallest absolute Gasteiger partial charge is 0.335 e. The molecule has 1 fully saturated rings. The van der Waals surface area contributed by atoms with Gasteiger partial charge in [-0.05, 0) is 29.8 Å². The van der Waals surface area contributed by atoms with Crippen LogP contribution in [0.25, 0.3) is 10.9 Å². The average molecular weight is 468 g/mol. The van der Waals surface area contributed by atoms with Gasteiger partial charge in [0.15, 0.2) is 0 Å². The van der Waals surface area contributed by atoms with Gasteiger partial charge in [0.1, 0.15) is 5.82 Å². The Hall–Kier alpha value is -3.08. The summed E-state index contributed by atoms with van der Waals surface area (Å²) in [7, 11) is -1.08. The van der Waals surface area contributed by atoms with E-state index in [2.05, 4.69) is 5.32 Å². The van der Waals surface area contributed by atoms with Crippen LogP contribution in [0.3, 0.4) is 0 Å². The van der Waals surface area contributed by atoms with Gasteiger partial charge in [-0.2, -0.15) is 4.98 Å². The van der Waals surface area contributed by atoms with Crippen LogP contribution < -0.4 is 16.0 Å². The number of ether oxygens (including phenoxy) is 1. The molecule has 3 aromatic rings. The van der Waals surface area contributed by atoms with E-state index < -0.39 is 16.8 Å². The maximum Gasteiger partial charge on any atom is 0.335 e. The molecule has 10 heteroatoms. The molecule has 0 saturated carbocycles. The zero-order chi connectivity index (χ0) is 23.0. The van der Waals surface area contributed by atoms with E-state index in [0.29, 0.717) is 67.8 Å². The highest BCUT2D eigenvalue weighted by Crippen LogP contribution is 2.31. The number of carboxylic acids is 1. The molecule has 1 saturated heterocycles. The van der Waals surface area contributed by atoms with E-state index >= 15 is 0 Å². The molecule has 3 heterocycles. The Kier molecular flexibility index (Phi) is 5.73. The van der Waals surface area contributed by atoms with Crippen LogP contribution in [0, 0.1) is 5.41 Å². The van der Waals surface area contributed by atoms with Crippen LogP contribution in [-0.4, -0.2) is 63.9 Å². The van der Waals surface area contributed by atoms with Crippen LogP contribution in [0.1, 0.15) is 15.9 Å². The topological polar surface area (TPSA) is 131 Å². The summed E-state index contributed by atoms with van der Waals surface area (Å²) >= 11 is 0. The van der Waals surface area contributed by atoms with Crippen molar-refractivity contribution in [2.24, 2.45) is 11.1 Å². The molecule has 0 radical (unpaired) electrons. The molecule has 0 spiro atoms. The summed E-state index contributed by atoms with van der Waals surface area (Å²) < 4.78 is 18.1. The first-order valence-corrected chi connectivity index (χ1v) is 12.1. The Labute approximate surface area is 193 Å². The lowest BCUT2D eigenvalue weighted by Gasteiger charge is -2.40. The van der Waals surface area contributed by atoms with Crippen LogP contribution in [-0.2, 0) is 22.1 Å². The maximum atomic E-state index is 12.7. The second kappa shape index (κ2) is 8.69. The molecular weight excluding hydrogens is 442 g/mol. The number of hydrogen-bond acceptors (Lipinski definition) is 8. The highest BCUT2D eigenvalue weighted by atomic mass is 32.2. The number of nitrogens with one attached hydrogen (secondary N) is 1. The molecule has 4 N–H and O–H groups in total. The minimum Gasteiger partial charge on any atom is -0.478 e. The fraction of sp³-hybridized carbons (Fsp3) is 0.348. The number of carbonyl (C=O) groups is 1. The highest BCUT2D eigenvalue weighted by molar-refractivity contribution is 7.85. The number of benzene rings is 2. The van der Waals surface area contributed by atoms with Gasteiger partial charge in [-0.15, -0.1) is 0 Å². The van der Waals surface area contributed by atoms with Gasteiger partial charge >= 0.3 is 5.97 Å². The molecule has 2 aliphatic heterocycles. The van der Waals surface area contributed by atoms with Crippen LogP contribution in [0.2, 0.25) is 0 Å². The van der Waals surface area contributed by atoms with Gasteiger partial charge in [0.25, 0.3) is 0 Å². The molecule has 33 heavy (non-hydrogen) atoms. The minimum atomic E-state index is -1.08. The van der Waals surface area contributed by atoms with Gasteiger partial charge in [0, 0.05) is 47.6 Å². The summed E-state index contributed by atoms with van der Waals surface area (Å²) in [6.45, 7) is 3.26. The lowest BCUT2D eigenvalue weighted by molar-refractivity contribution is -0.0979. The Bertz CT molecular complexity index is 1240. The molecule has 1 aromatic heterocycles. The van der Waals surface area contributed by atoms with Crippen molar-refractivity contribution in [3.05, 3.63) is 53.6 Å². The number of aromatic nitrogens is 2. The summed E-state index contributed by atoms with van der Waals surface area (Å²) in [5, 5.41) is 13.5. The van der Waals surface area contributed by atoms with E-state index in [9.17, 15) is 14.1 Å². The first-order chi connectivity index (χ1) is 16.0. The molecule has 0 amide bonds. The molecule has 0 bridgehead atoms. The third-order valence-electron chi connectivity index (χ3n) is 6.22. The predicted molar refractivity (Wildman–Crippen MR) is 126 cm³/mol. The molecule has 1 atom stereocenters. The second-order valence-electron chi connectivity index (χ2n) is 8.54. The van der Waals surface area contributed by atoms with Crippen molar-refractivity contribution < 1.29 is 18.8 Å². The van der Waals surface area contributed by atoms with Gasteiger partial charge in [-0.1, -0.05) is 18.2 Å². The van der Waals surface area contributed by atoms with Crippen molar-refractivity contribution in [3.8, 4) is 0 Å². The third kappa shape index (κ3) is 4.17. The third-order valence-corrected chi connectivity index (χ3v) is 7.66.